The molecular weight excluding hydrogens is 408 g/mol. The number of methoxy groups -OCH3 is 1. The van der Waals surface area contributed by atoms with E-state index in [1.807, 2.05) is 54.6 Å². The maximum atomic E-state index is 12.8. The van der Waals surface area contributed by atoms with Gasteiger partial charge in [-0.1, -0.05) is 47.6 Å². The number of nitrogens with zero attached hydrogens (tertiary/aromatic N) is 3. The Kier molecular flexibility index (Phi) is 6.49. The Morgan fingerprint density at radius 2 is 1.94 bits per heavy atom. The Hall–Kier alpha value is -3.68. The zero-order chi connectivity index (χ0) is 22.5. The summed E-state index contributed by atoms with van der Waals surface area (Å²) in [6, 6.07) is 17.0. The van der Waals surface area contributed by atoms with Gasteiger partial charge in [0.05, 0.1) is 25.5 Å². The maximum Gasteiger partial charge on any atom is 0.231 e. The van der Waals surface area contributed by atoms with Gasteiger partial charge in [-0.3, -0.25) is 9.59 Å². The number of likely N-dealkylation sites (tertiary alicyclic amines) is 1. The number of carbonyl (C=O) groups is 2. The molecule has 0 bridgehead atoms. The highest BCUT2D eigenvalue weighted by Gasteiger charge is 2.35. The molecule has 0 radical (unpaired) electrons. The summed E-state index contributed by atoms with van der Waals surface area (Å²) >= 11 is 0. The van der Waals surface area contributed by atoms with E-state index in [0.717, 1.165) is 16.9 Å². The zero-order valence-corrected chi connectivity index (χ0v) is 18.2. The molecule has 0 spiro atoms. The van der Waals surface area contributed by atoms with Crippen molar-refractivity contribution in [3.05, 3.63) is 77.4 Å². The molecule has 8 nitrogen and oxygen atoms in total. The van der Waals surface area contributed by atoms with Crippen molar-refractivity contribution in [1.29, 1.82) is 0 Å². The highest BCUT2D eigenvalue weighted by molar-refractivity contribution is 5.89. The smallest absolute Gasteiger partial charge is 0.231 e. The molecule has 32 heavy (non-hydrogen) atoms. The molecule has 1 aromatic heterocycles. The summed E-state index contributed by atoms with van der Waals surface area (Å²) in [6.07, 6.45) is 0.728. The van der Waals surface area contributed by atoms with Crippen LogP contribution in [0.3, 0.4) is 0 Å². The second kappa shape index (κ2) is 9.64. The third kappa shape index (κ3) is 5.14. The van der Waals surface area contributed by atoms with Crippen LogP contribution in [0.4, 0.5) is 0 Å². The molecule has 1 fully saturated rings. The minimum absolute atomic E-state index is 0.0293. The highest BCUT2D eigenvalue weighted by Crippen LogP contribution is 2.22. The first-order valence-corrected chi connectivity index (χ1v) is 10.6. The minimum Gasteiger partial charge on any atom is -0.497 e. The fourth-order valence-corrected chi connectivity index (χ4v) is 3.73. The van der Waals surface area contributed by atoms with Crippen LogP contribution < -0.4 is 10.1 Å². The Labute approximate surface area is 186 Å². The summed E-state index contributed by atoms with van der Waals surface area (Å²) in [6.45, 7) is 2.66. The molecule has 166 valence electrons. The Morgan fingerprint density at radius 3 is 2.66 bits per heavy atom. The van der Waals surface area contributed by atoms with Crippen molar-refractivity contribution in [2.45, 2.75) is 32.4 Å². The fourth-order valence-electron chi connectivity index (χ4n) is 3.73. The monoisotopic (exact) mass is 434 g/mol. The largest absolute Gasteiger partial charge is 0.497 e. The number of amides is 2. The number of ether oxygens (including phenoxy) is 1. The summed E-state index contributed by atoms with van der Waals surface area (Å²) < 4.78 is 10.5. The standard InChI is InChI=1S/C24H26N4O4/c1-16(23-26-21(32-27-23)12-17-6-4-3-5-7-17)25-24(30)19-13-22(29)28(15-19)14-18-8-10-20(31-2)11-9-18/h3-11,16,19H,12-15H2,1-2H3,(H,25,30). The van der Waals surface area contributed by atoms with Gasteiger partial charge in [0.15, 0.2) is 5.82 Å². The molecule has 0 aliphatic carbocycles. The summed E-state index contributed by atoms with van der Waals surface area (Å²) in [4.78, 5) is 31.3. The van der Waals surface area contributed by atoms with Gasteiger partial charge in [-0.05, 0) is 30.2 Å². The average Bonchev–Trinajstić information content (AvgIpc) is 3.42. The van der Waals surface area contributed by atoms with Gasteiger partial charge in [0.25, 0.3) is 0 Å². The van der Waals surface area contributed by atoms with Gasteiger partial charge in [-0.25, -0.2) is 0 Å². The van der Waals surface area contributed by atoms with Gasteiger partial charge in [-0.15, -0.1) is 0 Å². The lowest BCUT2D eigenvalue weighted by molar-refractivity contribution is -0.129. The van der Waals surface area contributed by atoms with Gasteiger partial charge in [0.1, 0.15) is 5.75 Å². The molecule has 2 heterocycles. The first-order chi connectivity index (χ1) is 15.5. The number of aromatic nitrogens is 2. The fraction of sp³-hybridized carbons (Fsp3) is 0.333. The molecule has 1 aliphatic rings. The number of carbonyl (C=O) groups excluding carboxylic acids is 2. The SMILES string of the molecule is COc1ccc(CN2CC(C(=O)NC(C)c3noc(Cc4ccccc4)n3)CC2=O)cc1. The van der Waals surface area contributed by atoms with E-state index in [1.54, 1.807) is 18.9 Å². The second-order valence-corrected chi connectivity index (χ2v) is 7.96. The quantitative estimate of drug-likeness (QED) is 0.586. The van der Waals surface area contributed by atoms with Crippen molar-refractivity contribution in [2.24, 2.45) is 5.92 Å². The van der Waals surface area contributed by atoms with Crippen LogP contribution in [0.25, 0.3) is 0 Å². The van der Waals surface area contributed by atoms with E-state index in [0.29, 0.717) is 31.2 Å². The first-order valence-electron chi connectivity index (χ1n) is 10.6. The third-order valence-corrected chi connectivity index (χ3v) is 5.55. The number of rotatable bonds is 8. The molecule has 8 heteroatoms. The molecule has 1 N–H and O–H groups in total. The molecule has 0 saturated carbocycles. The van der Waals surface area contributed by atoms with Crippen LogP contribution in [0.5, 0.6) is 5.75 Å². The van der Waals surface area contributed by atoms with E-state index < -0.39 is 12.0 Å². The Balaban J connectivity index is 1.31. The lowest BCUT2D eigenvalue weighted by Crippen LogP contribution is -2.34. The van der Waals surface area contributed by atoms with Crippen molar-refractivity contribution in [1.82, 2.24) is 20.4 Å². The van der Waals surface area contributed by atoms with E-state index in [1.165, 1.54) is 0 Å². The number of benzene rings is 2. The summed E-state index contributed by atoms with van der Waals surface area (Å²) in [7, 11) is 1.61. The highest BCUT2D eigenvalue weighted by atomic mass is 16.5. The van der Waals surface area contributed by atoms with E-state index in [9.17, 15) is 9.59 Å². The van der Waals surface area contributed by atoms with Crippen molar-refractivity contribution in [3.63, 3.8) is 0 Å². The lowest BCUT2D eigenvalue weighted by Gasteiger charge is -2.17. The van der Waals surface area contributed by atoms with Crippen LogP contribution in [-0.2, 0) is 22.6 Å². The normalized spacial score (nSPS) is 16.8. The molecule has 3 aromatic rings. The topological polar surface area (TPSA) is 97.6 Å². The zero-order valence-electron chi connectivity index (χ0n) is 18.2. The number of hydrogen-bond donors (Lipinski definition) is 1. The molecule has 2 aromatic carbocycles. The molecule has 2 amide bonds. The van der Waals surface area contributed by atoms with Crippen molar-refractivity contribution < 1.29 is 18.8 Å². The van der Waals surface area contributed by atoms with Gasteiger partial charge >= 0.3 is 0 Å². The van der Waals surface area contributed by atoms with Crippen LogP contribution in [0.15, 0.2) is 59.1 Å². The predicted octanol–water partition coefficient (Wildman–Crippen LogP) is 2.89. The summed E-state index contributed by atoms with van der Waals surface area (Å²) in [5.41, 5.74) is 2.06. The van der Waals surface area contributed by atoms with E-state index in [-0.39, 0.29) is 18.2 Å². The maximum absolute atomic E-state index is 12.8. The molecule has 2 unspecified atom stereocenters. The van der Waals surface area contributed by atoms with E-state index >= 15 is 0 Å². The van der Waals surface area contributed by atoms with Gasteiger partial charge in [-0.2, -0.15) is 4.98 Å². The third-order valence-electron chi connectivity index (χ3n) is 5.55. The van der Waals surface area contributed by atoms with Crippen molar-refractivity contribution in [2.75, 3.05) is 13.7 Å². The number of hydrogen-bond acceptors (Lipinski definition) is 6. The van der Waals surface area contributed by atoms with E-state index in [2.05, 4.69) is 15.5 Å². The van der Waals surface area contributed by atoms with Crippen molar-refractivity contribution in [3.8, 4) is 5.75 Å². The van der Waals surface area contributed by atoms with Gasteiger partial charge in [0, 0.05) is 19.5 Å². The Bertz CT molecular complexity index is 1070. The molecule has 2 atom stereocenters. The predicted molar refractivity (Wildman–Crippen MR) is 117 cm³/mol. The summed E-state index contributed by atoms with van der Waals surface area (Å²) in [5.74, 6) is 1.06. The number of nitrogens with one attached hydrogen (secondary N) is 1. The Morgan fingerprint density at radius 1 is 1.19 bits per heavy atom. The van der Waals surface area contributed by atoms with Crippen LogP contribution >= 0.6 is 0 Å². The molecule has 1 saturated heterocycles. The van der Waals surface area contributed by atoms with E-state index in [4.69, 9.17) is 9.26 Å². The van der Waals surface area contributed by atoms with Crippen molar-refractivity contribution >= 4 is 11.8 Å². The van der Waals surface area contributed by atoms with Crippen LogP contribution in [0, 0.1) is 5.92 Å². The average molecular weight is 434 g/mol. The van der Waals surface area contributed by atoms with Crippen LogP contribution in [0.2, 0.25) is 0 Å². The van der Waals surface area contributed by atoms with Crippen LogP contribution in [0.1, 0.15) is 42.2 Å². The molecule has 4 rings (SSSR count). The molecular formula is C24H26N4O4. The van der Waals surface area contributed by atoms with Gasteiger partial charge in [0.2, 0.25) is 17.7 Å². The van der Waals surface area contributed by atoms with Gasteiger partial charge < -0.3 is 19.5 Å². The second-order valence-electron chi connectivity index (χ2n) is 7.96. The van der Waals surface area contributed by atoms with Crippen LogP contribution in [-0.4, -0.2) is 40.5 Å². The summed E-state index contributed by atoms with van der Waals surface area (Å²) in [5, 5.41) is 6.92. The minimum atomic E-state index is -0.415. The first kappa shape index (κ1) is 21.5. The lowest BCUT2D eigenvalue weighted by atomic mass is 10.1. The molecule has 1 aliphatic heterocycles.